The van der Waals surface area contributed by atoms with Crippen LogP contribution in [0, 0.1) is 13.8 Å². The predicted octanol–water partition coefficient (Wildman–Crippen LogP) is 3.51. The van der Waals surface area contributed by atoms with Crippen LogP contribution in [0.2, 0.25) is 0 Å². The molecule has 4 heteroatoms. The standard InChI is InChI=1S/C14H15BrN2O/c1-4-17-12(5-6-16-17)14(18)11-7-9(2)13(15)10(3)8-11/h5-8H,4H2,1-3H3. The van der Waals surface area contributed by atoms with Gasteiger partial charge in [0, 0.05) is 22.8 Å². The van der Waals surface area contributed by atoms with Gasteiger partial charge in [-0.05, 0) is 50.1 Å². The van der Waals surface area contributed by atoms with Gasteiger partial charge in [-0.2, -0.15) is 5.10 Å². The largest absolute Gasteiger partial charge is 0.287 e. The third-order valence-electron chi connectivity index (χ3n) is 2.95. The summed E-state index contributed by atoms with van der Waals surface area (Å²) < 4.78 is 2.78. The Morgan fingerprint density at radius 1 is 1.33 bits per heavy atom. The van der Waals surface area contributed by atoms with E-state index < -0.39 is 0 Å². The maximum absolute atomic E-state index is 12.4. The van der Waals surface area contributed by atoms with Gasteiger partial charge >= 0.3 is 0 Å². The summed E-state index contributed by atoms with van der Waals surface area (Å²) in [6.07, 6.45) is 1.66. The maximum atomic E-state index is 12.4. The first-order chi connectivity index (χ1) is 8.54. The van der Waals surface area contributed by atoms with Gasteiger partial charge in [0.1, 0.15) is 5.69 Å². The van der Waals surface area contributed by atoms with Gasteiger partial charge in [-0.1, -0.05) is 15.9 Å². The van der Waals surface area contributed by atoms with Crippen molar-refractivity contribution in [3.05, 3.63) is 51.3 Å². The number of benzene rings is 1. The first kappa shape index (κ1) is 13.0. The first-order valence-corrected chi connectivity index (χ1v) is 6.67. The van der Waals surface area contributed by atoms with E-state index in [2.05, 4.69) is 21.0 Å². The summed E-state index contributed by atoms with van der Waals surface area (Å²) in [4.78, 5) is 12.4. The fourth-order valence-electron chi connectivity index (χ4n) is 2.00. The molecule has 0 aliphatic carbocycles. The minimum Gasteiger partial charge on any atom is -0.287 e. The van der Waals surface area contributed by atoms with E-state index in [1.165, 1.54) is 0 Å². The van der Waals surface area contributed by atoms with Crippen LogP contribution < -0.4 is 0 Å². The topological polar surface area (TPSA) is 34.9 Å². The van der Waals surface area contributed by atoms with E-state index in [1.807, 2.05) is 32.9 Å². The lowest BCUT2D eigenvalue weighted by Crippen LogP contribution is -2.11. The molecule has 0 aliphatic heterocycles. The van der Waals surface area contributed by atoms with Crippen molar-refractivity contribution >= 4 is 21.7 Å². The van der Waals surface area contributed by atoms with E-state index in [1.54, 1.807) is 16.9 Å². The first-order valence-electron chi connectivity index (χ1n) is 5.87. The zero-order chi connectivity index (χ0) is 13.3. The summed E-state index contributed by atoms with van der Waals surface area (Å²) in [6, 6.07) is 5.58. The molecule has 1 heterocycles. The Kier molecular flexibility index (Phi) is 3.66. The summed E-state index contributed by atoms with van der Waals surface area (Å²) in [5, 5.41) is 4.13. The maximum Gasteiger partial charge on any atom is 0.211 e. The number of aryl methyl sites for hydroxylation is 3. The Bertz CT molecular complexity index is 579. The van der Waals surface area contributed by atoms with Crippen molar-refractivity contribution < 1.29 is 4.79 Å². The molecule has 1 aromatic heterocycles. The zero-order valence-electron chi connectivity index (χ0n) is 10.7. The minimum absolute atomic E-state index is 0.0213. The molecular weight excluding hydrogens is 292 g/mol. The average molecular weight is 307 g/mol. The van der Waals surface area contributed by atoms with Crippen molar-refractivity contribution in [3.63, 3.8) is 0 Å². The van der Waals surface area contributed by atoms with Crippen LogP contribution in [0.3, 0.4) is 0 Å². The Morgan fingerprint density at radius 2 is 1.94 bits per heavy atom. The lowest BCUT2D eigenvalue weighted by molar-refractivity contribution is 0.102. The number of aromatic nitrogens is 2. The number of halogens is 1. The second-order valence-electron chi connectivity index (χ2n) is 4.29. The van der Waals surface area contributed by atoms with Gasteiger partial charge in [0.25, 0.3) is 0 Å². The average Bonchev–Trinajstić information content (AvgIpc) is 2.82. The summed E-state index contributed by atoms with van der Waals surface area (Å²) in [5.41, 5.74) is 3.49. The van der Waals surface area contributed by atoms with Crippen molar-refractivity contribution in [1.29, 1.82) is 0 Å². The van der Waals surface area contributed by atoms with Crippen LogP contribution in [0.4, 0.5) is 0 Å². The molecule has 0 spiro atoms. The lowest BCUT2D eigenvalue weighted by atomic mass is 10.0. The SMILES string of the molecule is CCn1nccc1C(=O)c1cc(C)c(Br)c(C)c1. The third kappa shape index (κ3) is 2.25. The molecule has 18 heavy (non-hydrogen) atoms. The number of nitrogens with zero attached hydrogens (tertiary/aromatic N) is 2. The van der Waals surface area contributed by atoms with Gasteiger partial charge in [0.15, 0.2) is 0 Å². The molecule has 1 aromatic carbocycles. The fraction of sp³-hybridized carbons (Fsp3) is 0.286. The Labute approximate surface area is 115 Å². The highest BCUT2D eigenvalue weighted by Gasteiger charge is 2.15. The molecule has 0 N–H and O–H groups in total. The van der Waals surface area contributed by atoms with Crippen LogP contribution in [0.25, 0.3) is 0 Å². The highest BCUT2D eigenvalue weighted by Crippen LogP contribution is 2.23. The van der Waals surface area contributed by atoms with Crippen LogP contribution in [-0.4, -0.2) is 15.6 Å². The number of ketones is 1. The number of hydrogen-bond acceptors (Lipinski definition) is 2. The predicted molar refractivity (Wildman–Crippen MR) is 74.9 cm³/mol. The van der Waals surface area contributed by atoms with Crippen molar-refractivity contribution in [2.45, 2.75) is 27.3 Å². The third-order valence-corrected chi connectivity index (χ3v) is 4.20. The molecule has 0 bridgehead atoms. The smallest absolute Gasteiger partial charge is 0.211 e. The molecule has 0 radical (unpaired) electrons. The zero-order valence-corrected chi connectivity index (χ0v) is 12.3. The molecular formula is C14H15BrN2O. The highest BCUT2D eigenvalue weighted by molar-refractivity contribution is 9.10. The van der Waals surface area contributed by atoms with Gasteiger partial charge in [-0.15, -0.1) is 0 Å². The summed E-state index contributed by atoms with van der Waals surface area (Å²) >= 11 is 3.51. The van der Waals surface area contributed by atoms with E-state index >= 15 is 0 Å². The van der Waals surface area contributed by atoms with Crippen LogP contribution in [0.5, 0.6) is 0 Å². The van der Waals surface area contributed by atoms with E-state index in [-0.39, 0.29) is 5.78 Å². The Morgan fingerprint density at radius 3 is 2.50 bits per heavy atom. The van der Waals surface area contributed by atoms with Crippen molar-refractivity contribution in [2.24, 2.45) is 0 Å². The van der Waals surface area contributed by atoms with Crippen molar-refractivity contribution in [3.8, 4) is 0 Å². The van der Waals surface area contributed by atoms with Gasteiger partial charge in [-0.3, -0.25) is 9.48 Å². The Balaban J connectivity index is 2.47. The molecule has 94 valence electrons. The number of carbonyl (C=O) groups is 1. The van der Waals surface area contributed by atoms with E-state index in [4.69, 9.17) is 0 Å². The van der Waals surface area contributed by atoms with Crippen molar-refractivity contribution in [2.75, 3.05) is 0 Å². The molecule has 0 fully saturated rings. The number of carbonyl (C=O) groups excluding carboxylic acids is 1. The molecule has 0 saturated heterocycles. The van der Waals surface area contributed by atoms with Crippen LogP contribution >= 0.6 is 15.9 Å². The molecule has 2 rings (SSSR count). The van der Waals surface area contributed by atoms with Crippen LogP contribution in [0.15, 0.2) is 28.9 Å². The summed E-state index contributed by atoms with van der Waals surface area (Å²) in [6.45, 7) is 6.65. The highest BCUT2D eigenvalue weighted by atomic mass is 79.9. The van der Waals surface area contributed by atoms with Crippen molar-refractivity contribution in [1.82, 2.24) is 9.78 Å². The van der Waals surface area contributed by atoms with E-state index in [0.29, 0.717) is 17.8 Å². The summed E-state index contributed by atoms with van der Waals surface area (Å²) in [5.74, 6) is 0.0213. The van der Waals surface area contributed by atoms with Gasteiger partial charge in [-0.25, -0.2) is 0 Å². The van der Waals surface area contributed by atoms with Gasteiger partial charge in [0.05, 0.1) is 0 Å². The molecule has 0 aliphatic rings. The molecule has 0 unspecified atom stereocenters. The number of rotatable bonds is 3. The lowest BCUT2D eigenvalue weighted by Gasteiger charge is -2.08. The molecule has 3 nitrogen and oxygen atoms in total. The van der Waals surface area contributed by atoms with E-state index in [9.17, 15) is 4.79 Å². The van der Waals surface area contributed by atoms with Crippen LogP contribution in [-0.2, 0) is 6.54 Å². The number of hydrogen-bond donors (Lipinski definition) is 0. The molecule has 0 amide bonds. The summed E-state index contributed by atoms with van der Waals surface area (Å²) in [7, 11) is 0. The second kappa shape index (κ2) is 5.06. The minimum atomic E-state index is 0.0213. The van der Waals surface area contributed by atoms with Gasteiger partial charge < -0.3 is 0 Å². The molecule has 0 atom stereocenters. The molecule has 2 aromatic rings. The van der Waals surface area contributed by atoms with Gasteiger partial charge in [0.2, 0.25) is 5.78 Å². The molecule has 0 saturated carbocycles. The second-order valence-corrected chi connectivity index (χ2v) is 5.08. The fourth-order valence-corrected chi connectivity index (χ4v) is 2.23. The monoisotopic (exact) mass is 306 g/mol. The van der Waals surface area contributed by atoms with E-state index in [0.717, 1.165) is 15.6 Å². The normalized spacial score (nSPS) is 10.7. The Hall–Kier alpha value is -1.42. The quantitative estimate of drug-likeness (QED) is 0.813. The van der Waals surface area contributed by atoms with Crippen LogP contribution in [0.1, 0.15) is 34.1 Å².